The van der Waals surface area contributed by atoms with Crippen LogP contribution in [-0.2, 0) is 33.4 Å². The standard InChI is InChI=1S/C30H30F3N3O5/c1-16(2)13-21-27(38)35-25(19-14-17-7-3-4-8-18(17)15-19)29(40)36(21)26(23-11-12-24(41-23)30(31,32)33)28(39)34-20-9-5-6-10-22(20)37/h3-12,16,19,21,25-26,37H,13-15H2,1-2H3,(H,34,39)(H,35,38). The minimum absolute atomic E-state index is 0.0118. The van der Waals surface area contributed by atoms with E-state index in [9.17, 15) is 32.7 Å². The van der Waals surface area contributed by atoms with Crippen molar-refractivity contribution in [2.75, 3.05) is 5.32 Å². The highest BCUT2D eigenvalue weighted by Gasteiger charge is 2.50. The topological polar surface area (TPSA) is 112 Å². The van der Waals surface area contributed by atoms with Crippen LogP contribution in [0.3, 0.4) is 0 Å². The van der Waals surface area contributed by atoms with Gasteiger partial charge in [-0.2, -0.15) is 13.2 Å². The fraction of sp³-hybridized carbons (Fsp3) is 0.367. The van der Waals surface area contributed by atoms with Crippen molar-refractivity contribution >= 4 is 23.4 Å². The molecule has 2 heterocycles. The third-order valence-electron chi connectivity index (χ3n) is 7.57. The number of piperazine rings is 1. The normalized spacial score (nSPS) is 20.2. The fourth-order valence-electron chi connectivity index (χ4n) is 5.70. The van der Waals surface area contributed by atoms with Gasteiger partial charge in [-0.05, 0) is 66.5 Å². The lowest BCUT2D eigenvalue weighted by Gasteiger charge is -2.44. The molecular formula is C30H30F3N3O5. The number of fused-ring (bicyclic) bond motifs is 1. The van der Waals surface area contributed by atoms with Gasteiger partial charge in [0.25, 0.3) is 5.91 Å². The SMILES string of the molecule is CC(C)CC1C(=O)NC(C2Cc3ccccc3C2)C(=O)N1C(C(=O)Nc1ccccc1O)c1ccc(C(F)(F)F)o1. The van der Waals surface area contributed by atoms with Crippen LogP contribution in [0.15, 0.2) is 65.1 Å². The van der Waals surface area contributed by atoms with Crippen LogP contribution in [0.1, 0.15) is 49.0 Å². The number of hydrogen-bond donors (Lipinski definition) is 3. The van der Waals surface area contributed by atoms with E-state index < -0.39 is 53.5 Å². The van der Waals surface area contributed by atoms with Crippen molar-refractivity contribution < 1.29 is 37.1 Å². The Balaban J connectivity index is 1.57. The zero-order valence-corrected chi connectivity index (χ0v) is 22.4. The van der Waals surface area contributed by atoms with E-state index >= 15 is 0 Å². The Morgan fingerprint density at radius 3 is 2.27 bits per heavy atom. The first kappa shape index (κ1) is 28.3. The molecule has 0 saturated carbocycles. The van der Waals surface area contributed by atoms with Crippen LogP contribution in [0, 0.1) is 11.8 Å². The number of hydrogen-bond acceptors (Lipinski definition) is 5. The molecule has 3 unspecified atom stereocenters. The first-order valence-corrected chi connectivity index (χ1v) is 13.4. The lowest BCUT2D eigenvalue weighted by atomic mass is 9.88. The first-order chi connectivity index (χ1) is 19.4. The molecule has 5 rings (SSSR count). The number of anilines is 1. The predicted molar refractivity (Wildman–Crippen MR) is 143 cm³/mol. The van der Waals surface area contributed by atoms with Gasteiger partial charge in [0, 0.05) is 0 Å². The highest BCUT2D eigenvalue weighted by Crippen LogP contribution is 2.38. The van der Waals surface area contributed by atoms with Gasteiger partial charge in [0.2, 0.25) is 17.6 Å². The van der Waals surface area contributed by atoms with E-state index in [-0.39, 0.29) is 29.7 Å². The molecule has 216 valence electrons. The molecule has 0 radical (unpaired) electrons. The predicted octanol–water partition coefficient (Wildman–Crippen LogP) is 4.84. The number of amides is 3. The molecule has 11 heteroatoms. The Hall–Kier alpha value is -4.28. The van der Waals surface area contributed by atoms with Gasteiger partial charge in [0.15, 0.2) is 6.04 Å². The molecule has 2 aromatic carbocycles. The Bertz CT molecular complexity index is 1440. The van der Waals surface area contributed by atoms with Crippen LogP contribution >= 0.6 is 0 Å². The van der Waals surface area contributed by atoms with Crippen molar-refractivity contribution in [2.45, 2.75) is 57.4 Å². The molecule has 41 heavy (non-hydrogen) atoms. The van der Waals surface area contributed by atoms with Gasteiger partial charge in [-0.1, -0.05) is 50.2 Å². The van der Waals surface area contributed by atoms with Crippen LogP contribution in [0.2, 0.25) is 0 Å². The van der Waals surface area contributed by atoms with Crippen molar-refractivity contribution in [2.24, 2.45) is 11.8 Å². The minimum Gasteiger partial charge on any atom is -0.506 e. The monoisotopic (exact) mass is 569 g/mol. The Morgan fingerprint density at radius 2 is 1.68 bits per heavy atom. The fourth-order valence-corrected chi connectivity index (χ4v) is 5.70. The van der Waals surface area contributed by atoms with Crippen molar-refractivity contribution in [3.05, 3.63) is 83.3 Å². The molecule has 2 aliphatic rings. The van der Waals surface area contributed by atoms with Crippen molar-refractivity contribution in [3.63, 3.8) is 0 Å². The number of alkyl halides is 3. The van der Waals surface area contributed by atoms with Gasteiger partial charge in [0.1, 0.15) is 23.6 Å². The van der Waals surface area contributed by atoms with E-state index in [2.05, 4.69) is 10.6 Å². The number of furan rings is 1. The quantitative estimate of drug-likeness (QED) is 0.353. The van der Waals surface area contributed by atoms with E-state index in [1.54, 1.807) is 6.07 Å². The lowest BCUT2D eigenvalue weighted by Crippen LogP contribution is -2.67. The maximum absolute atomic E-state index is 14.3. The van der Waals surface area contributed by atoms with E-state index in [4.69, 9.17) is 4.42 Å². The summed E-state index contributed by atoms with van der Waals surface area (Å²) in [6.45, 7) is 3.67. The first-order valence-electron chi connectivity index (χ1n) is 13.4. The molecule has 1 aromatic heterocycles. The van der Waals surface area contributed by atoms with Crippen LogP contribution in [-0.4, -0.2) is 39.8 Å². The van der Waals surface area contributed by atoms with Gasteiger partial charge < -0.3 is 25.1 Å². The van der Waals surface area contributed by atoms with Crippen molar-refractivity contribution in [1.29, 1.82) is 0 Å². The van der Waals surface area contributed by atoms with Crippen molar-refractivity contribution in [1.82, 2.24) is 10.2 Å². The molecule has 1 fully saturated rings. The molecule has 0 spiro atoms. The number of carbonyl (C=O) groups is 3. The zero-order chi connectivity index (χ0) is 29.5. The summed E-state index contributed by atoms with van der Waals surface area (Å²) in [5.41, 5.74) is 2.08. The number of rotatable bonds is 7. The minimum atomic E-state index is -4.84. The third kappa shape index (κ3) is 5.66. The average Bonchev–Trinajstić information content (AvgIpc) is 3.57. The second kappa shape index (κ2) is 10.9. The number of aromatic hydroxyl groups is 1. The van der Waals surface area contributed by atoms with Gasteiger partial charge in [0.05, 0.1) is 5.69 Å². The summed E-state index contributed by atoms with van der Waals surface area (Å²) in [5.74, 6) is -4.50. The molecule has 1 aliphatic carbocycles. The number of phenolic OH excluding ortho intramolecular Hbond substituents is 1. The molecule has 8 nitrogen and oxygen atoms in total. The second-order valence-corrected chi connectivity index (χ2v) is 10.9. The van der Waals surface area contributed by atoms with Crippen molar-refractivity contribution in [3.8, 4) is 5.75 Å². The number of benzene rings is 2. The Morgan fingerprint density at radius 1 is 1.05 bits per heavy atom. The number of carbonyl (C=O) groups excluding carboxylic acids is 3. The summed E-state index contributed by atoms with van der Waals surface area (Å²) in [5, 5.41) is 15.6. The largest absolute Gasteiger partial charge is 0.506 e. The van der Waals surface area contributed by atoms with E-state index in [0.717, 1.165) is 22.1 Å². The summed E-state index contributed by atoms with van der Waals surface area (Å²) < 4.78 is 45.7. The number of nitrogens with zero attached hydrogens (tertiary/aromatic N) is 1. The lowest BCUT2D eigenvalue weighted by molar-refractivity contribution is -0.159. The summed E-state index contributed by atoms with van der Waals surface area (Å²) in [6.07, 6.45) is -3.65. The van der Waals surface area contributed by atoms with Gasteiger partial charge in [-0.15, -0.1) is 0 Å². The summed E-state index contributed by atoms with van der Waals surface area (Å²) in [6, 6.07) is 11.3. The molecule has 3 amide bonds. The number of phenols is 1. The number of nitrogens with one attached hydrogen (secondary N) is 2. The summed E-state index contributed by atoms with van der Waals surface area (Å²) in [7, 11) is 0. The Labute approximate surface area is 234 Å². The molecule has 3 atom stereocenters. The maximum atomic E-state index is 14.3. The average molecular weight is 570 g/mol. The molecule has 1 aliphatic heterocycles. The molecule has 1 saturated heterocycles. The van der Waals surface area contributed by atoms with Gasteiger partial charge in [-0.3, -0.25) is 14.4 Å². The number of halogens is 3. The number of para-hydroxylation sites is 2. The third-order valence-corrected chi connectivity index (χ3v) is 7.57. The van der Waals surface area contributed by atoms with Gasteiger partial charge in [-0.25, -0.2) is 0 Å². The highest BCUT2D eigenvalue weighted by molar-refractivity contribution is 6.03. The van der Waals surface area contributed by atoms with Crippen LogP contribution in [0.4, 0.5) is 18.9 Å². The highest BCUT2D eigenvalue weighted by atomic mass is 19.4. The smallest absolute Gasteiger partial charge is 0.449 e. The Kier molecular flexibility index (Phi) is 7.54. The van der Waals surface area contributed by atoms with E-state index in [0.29, 0.717) is 18.9 Å². The second-order valence-electron chi connectivity index (χ2n) is 10.9. The molecular weight excluding hydrogens is 539 g/mol. The zero-order valence-electron chi connectivity index (χ0n) is 22.4. The molecule has 3 aromatic rings. The van der Waals surface area contributed by atoms with Crippen LogP contribution in [0.25, 0.3) is 0 Å². The molecule has 3 N–H and O–H groups in total. The summed E-state index contributed by atoms with van der Waals surface area (Å²) in [4.78, 5) is 42.7. The van der Waals surface area contributed by atoms with Crippen LogP contribution < -0.4 is 10.6 Å². The van der Waals surface area contributed by atoms with E-state index in [1.807, 2.05) is 38.1 Å². The van der Waals surface area contributed by atoms with E-state index in [1.165, 1.54) is 18.2 Å². The van der Waals surface area contributed by atoms with Crippen LogP contribution in [0.5, 0.6) is 5.75 Å². The molecule has 0 bridgehead atoms. The summed E-state index contributed by atoms with van der Waals surface area (Å²) >= 11 is 0. The van der Waals surface area contributed by atoms with Gasteiger partial charge >= 0.3 is 6.18 Å². The maximum Gasteiger partial charge on any atom is 0.449 e.